The fraction of sp³-hybridized carbons (Fsp3) is 0.375. The van der Waals surface area contributed by atoms with Crippen molar-refractivity contribution in [2.75, 3.05) is 18.0 Å². The number of aromatic nitrogens is 4. The molecule has 0 aromatic carbocycles. The third-order valence-corrected chi connectivity index (χ3v) is 4.30. The van der Waals surface area contributed by atoms with E-state index < -0.39 is 5.92 Å². The molecule has 4 rings (SSSR count). The lowest BCUT2D eigenvalue weighted by Crippen LogP contribution is -2.42. The molecule has 0 spiro atoms. The zero-order chi connectivity index (χ0) is 16.0. The normalized spacial score (nSPS) is 17.8. The van der Waals surface area contributed by atoms with E-state index in [4.69, 9.17) is 0 Å². The number of nitrogens with zero attached hydrogens (tertiary/aromatic N) is 4. The average molecular weight is 317 g/mol. The van der Waals surface area contributed by atoms with Gasteiger partial charge in [-0.1, -0.05) is 0 Å². The minimum atomic E-state index is -2.64. The Morgan fingerprint density at radius 2 is 2.22 bits per heavy atom. The molecule has 1 aliphatic heterocycles. The first-order valence-corrected chi connectivity index (χ1v) is 7.61. The van der Waals surface area contributed by atoms with Crippen molar-refractivity contribution in [3.8, 4) is 11.1 Å². The van der Waals surface area contributed by atoms with Gasteiger partial charge in [0.05, 0.1) is 23.8 Å². The van der Waals surface area contributed by atoms with E-state index in [9.17, 15) is 8.78 Å². The first-order valence-electron chi connectivity index (χ1n) is 7.61. The van der Waals surface area contributed by atoms with Gasteiger partial charge in [0.25, 0.3) is 5.92 Å². The van der Waals surface area contributed by atoms with Gasteiger partial charge in [-0.05, 0) is 12.5 Å². The lowest BCUT2D eigenvalue weighted by Gasteiger charge is -2.34. The predicted molar refractivity (Wildman–Crippen MR) is 84.7 cm³/mol. The number of alkyl halides is 2. The Labute approximate surface area is 131 Å². The molecule has 1 saturated heterocycles. The SMILES string of the molecule is Cn1cc(-c2c[nH]c3nccc(N4CCCC(F)(F)C4)c23)cn1. The Morgan fingerprint density at radius 1 is 1.35 bits per heavy atom. The monoisotopic (exact) mass is 317 g/mol. The summed E-state index contributed by atoms with van der Waals surface area (Å²) in [4.78, 5) is 9.23. The molecule has 3 aromatic heterocycles. The van der Waals surface area contributed by atoms with E-state index in [1.165, 1.54) is 0 Å². The average Bonchev–Trinajstić information content (AvgIpc) is 3.11. The number of aromatic amines is 1. The van der Waals surface area contributed by atoms with Gasteiger partial charge in [-0.3, -0.25) is 4.68 Å². The Balaban J connectivity index is 1.85. The summed E-state index contributed by atoms with van der Waals surface area (Å²) in [5, 5.41) is 5.07. The second-order valence-corrected chi connectivity index (χ2v) is 6.04. The van der Waals surface area contributed by atoms with Gasteiger partial charge in [0.2, 0.25) is 0 Å². The largest absolute Gasteiger partial charge is 0.365 e. The van der Waals surface area contributed by atoms with Crippen LogP contribution in [-0.4, -0.2) is 38.8 Å². The molecule has 4 heterocycles. The third kappa shape index (κ3) is 2.46. The van der Waals surface area contributed by atoms with Crippen LogP contribution in [0.3, 0.4) is 0 Å². The highest BCUT2D eigenvalue weighted by Crippen LogP contribution is 2.37. The van der Waals surface area contributed by atoms with E-state index in [0.717, 1.165) is 22.2 Å². The Hall–Kier alpha value is -2.44. The number of hydrogen-bond acceptors (Lipinski definition) is 3. The molecule has 0 bridgehead atoms. The molecule has 0 amide bonds. The van der Waals surface area contributed by atoms with Crippen LogP contribution in [0.25, 0.3) is 22.2 Å². The number of halogens is 2. The van der Waals surface area contributed by atoms with Gasteiger partial charge in [-0.2, -0.15) is 5.10 Å². The van der Waals surface area contributed by atoms with E-state index in [-0.39, 0.29) is 13.0 Å². The number of hydrogen-bond donors (Lipinski definition) is 1. The maximum Gasteiger partial charge on any atom is 0.265 e. The molecule has 1 fully saturated rings. The number of piperidine rings is 1. The van der Waals surface area contributed by atoms with Crippen molar-refractivity contribution in [3.05, 3.63) is 30.9 Å². The van der Waals surface area contributed by atoms with Crippen LogP contribution in [-0.2, 0) is 7.05 Å². The lowest BCUT2D eigenvalue weighted by atomic mass is 10.0. The molecule has 0 radical (unpaired) electrons. The molecule has 1 N–H and O–H groups in total. The van der Waals surface area contributed by atoms with Crippen LogP contribution in [0.1, 0.15) is 12.8 Å². The van der Waals surface area contributed by atoms with Crippen molar-refractivity contribution in [2.45, 2.75) is 18.8 Å². The summed E-state index contributed by atoms with van der Waals surface area (Å²) in [5.41, 5.74) is 3.38. The van der Waals surface area contributed by atoms with Gasteiger partial charge in [0.15, 0.2) is 0 Å². The number of pyridine rings is 1. The quantitative estimate of drug-likeness (QED) is 0.789. The fourth-order valence-electron chi connectivity index (χ4n) is 3.26. The summed E-state index contributed by atoms with van der Waals surface area (Å²) in [6.45, 7) is 0.385. The molecular weight excluding hydrogens is 300 g/mol. The summed E-state index contributed by atoms with van der Waals surface area (Å²) in [5.74, 6) is -2.64. The maximum absolute atomic E-state index is 13.8. The molecule has 0 aliphatic carbocycles. The molecule has 0 unspecified atom stereocenters. The van der Waals surface area contributed by atoms with Crippen LogP contribution < -0.4 is 4.90 Å². The predicted octanol–water partition coefficient (Wildman–Crippen LogP) is 3.20. The van der Waals surface area contributed by atoms with Crippen LogP contribution in [0.15, 0.2) is 30.9 Å². The van der Waals surface area contributed by atoms with E-state index in [2.05, 4.69) is 15.1 Å². The van der Waals surface area contributed by atoms with Crippen LogP contribution in [0.4, 0.5) is 14.5 Å². The molecule has 23 heavy (non-hydrogen) atoms. The smallest absolute Gasteiger partial charge is 0.265 e. The summed E-state index contributed by atoms with van der Waals surface area (Å²) in [6, 6.07) is 1.82. The standard InChI is InChI=1S/C16H17F2N5/c1-22-9-11(7-21-22)12-8-20-15-14(12)13(3-5-19-15)23-6-2-4-16(17,18)10-23/h3,5,7-9H,2,4,6,10H2,1H3,(H,19,20). The summed E-state index contributed by atoms with van der Waals surface area (Å²) in [7, 11) is 1.85. The van der Waals surface area contributed by atoms with Crippen molar-refractivity contribution in [2.24, 2.45) is 7.05 Å². The molecule has 0 saturated carbocycles. The van der Waals surface area contributed by atoms with E-state index in [1.807, 2.05) is 25.5 Å². The number of anilines is 1. The van der Waals surface area contributed by atoms with E-state index in [0.29, 0.717) is 18.6 Å². The maximum atomic E-state index is 13.8. The summed E-state index contributed by atoms with van der Waals surface area (Å²) in [6.07, 6.45) is 7.65. The highest BCUT2D eigenvalue weighted by molar-refractivity contribution is 6.02. The minimum Gasteiger partial charge on any atom is -0.365 e. The number of fused-ring (bicyclic) bond motifs is 1. The molecule has 7 heteroatoms. The summed E-state index contributed by atoms with van der Waals surface area (Å²) >= 11 is 0. The second kappa shape index (κ2) is 5.04. The molecule has 1 aliphatic rings. The molecule has 120 valence electrons. The van der Waals surface area contributed by atoms with Crippen LogP contribution in [0.2, 0.25) is 0 Å². The Bertz CT molecular complexity index is 851. The van der Waals surface area contributed by atoms with Gasteiger partial charge < -0.3 is 9.88 Å². The molecule has 0 atom stereocenters. The van der Waals surface area contributed by atoms with Gasteiger partial charge in [0.1, 0.15) is 5.65 Å². The van der Waals surface area contributed by atoms with Gasteiger partial charge in [0, 0.05) is 49.7 Å². The molecule has 5 nitrogen and oxygen atoms in total. The number of nitrogens with one attached hydrogen (secondary N) is 1. The van der Waals surface area contributed by atoms with Crippen molar-refractivity contribution < 1.29 is 8.78 Å². The van der Waals surface area contributed by atoms with Crippen molar-refractivity contribution in [3.63, 3.8) is 0 Å². The minimum absolute atomic E-state index is 0.0413. The Kier molecular flexibility index (Phi) is 3.11. The van der Waals surface area contributed by atoms with E-state index >= 15 is 0 Å². The fourth-order valence-corrected chi connectivity index (χ4v) is 3.26. The number of aryl methyl sites for hydroxylation is 1. The topological polar surface area (TPSA) is 49.7 Å². The zero-order valence-electron chi connectivity index (χ0n) is 12.8. The van der Waals surface area contributed by atoms with Gasteiger partial charge in [-0.25, -0.2) is 13.8 Å². The first kappa shape index (κ1) is 14.2. The van der Waals surface area contributed by atoms with Crippen LogP contribution in [0, 0.1) is 0 Å². The third-order valence-electron chi connectivity index (χ3n) is 4.30. The number of H-pyrrole nitrogens is 1. The molecule has 3 aromatic rings. The lowest BCUT2D eigenvalue weighted by molar-refractivity contribution is -0.0116. The summed E-state index contributed by atoms with van der Waals surface area (Å²) < 4.78 is 29.4. The van der Waals surface area contributed by atoms with Crippen LogP contribution in [0.5, 0.6) is 0 Å². The van der Waals surface area contributed by atoms with Crippen molar-refractivity contribution >= 4 is 16.7 Å². The van der Waals surface area contributed by atoms with Crippen LogP contribution >= 0.6 is 0 Å². The highest BCUT2D eigenvalue weighted by atomic mass is 19.3. The highest BCUT2D eigenvalue weighted by Gasteiger charge is 2.36. The zero-order valence-corrected chi connectivity index (χ0v) is 12.8. The Morgan fingerprint density at radius 3 is 2.96 bits per heavy atom. The molecular formula is C16H17F2N5. The second-order valence-electron chi connectivity index (χ2n) is 6.04. The first-order chi connectivity index (χ1) is 11.0. The van der Waals surface area contributed by atoms with Crippen molar-refractivity contribution in [1.82, 2.24) is 19.7 Å². The van der Waals surface area contributed by atoms with Crippen molar-refractivity contribution in [1.29, 1.82) is 0 Å². The van der Waals surface area contributed by atoms with E-state index in [1.54, 1.807) is 22.0 Å². The van der Waals surface area contributed by atoms with Gasteiger partial charge >= 0.3 is 0 Å². The van der Waals surface area contributed by atoms with Gasteiger partial charge in [-0.15, -0.1) is 0 Å². The number of rotatable bonds is 2.